The fourth-order valence-electron chi connectivity index (χ4n) is 0.757. The molecule has 1 aliphatic rings. The molecule has 0 aliphatic heterocycles. The summed E-state index contributed by atoms with van der Waals surface area (Å²) in [6.07, 6.45) is 4.81. The van der Waals surface area contributed by atoms with E-state index in [1.54, 1.807) is 0 Å². The van der Waals surface area contributed by atoms with Crippen molar-refractivity contribution in [3.63, 3.8) is 0 Å². The summed E-state index contributed by atoms with van der Waals surface area (Å²) in [4.78, 5) is 0. The molecule has 0 bridgehead atoms. The van der Waals surface area contributed by atoms with Crippen molar-refractivity contribution in [2.45, 2.75) is 18.5 Å². The summed E-state index contributed by atoms with van der Waals surface area (Å²) in [5.74, 6) is 0. The van der Waals surface area contributed by atoms with Crippen LogP contribution in [0.15, 0.2) is 12.2 Å². The van der Waals surface area contributed by atoms with Crippen LogP contribution in [0, 0.1) is 0 Å². The van der Waals surface area contributed by atoms with Gasteiger partial charge in [0.15, 0.2) is 0 Å². The van der Waals surface area contributed by atoms with Crippen LogP contribution >= 0.6 is 0 Å². The number of rotatable bonds is 0. The Bertz CT molecular complexity index is 78.1. The van der Waals surface area contributed by atoms with E-state index in [0.29, 0.717) is 0 Å². The van der Waals surface area contributed by atoms with Crippen molar-refractivity contribution in [1.29, 1.82) is 0 Å². The zero-order valence-electron chi connectivity index (χ0n) is 4.17. The van der Waals surface area contributed by atoms with Crippen molar-refractivity contribution in [3.8, 4) is 0 Å². The lowest BCUT2D eigenvalue weighted by molar-refractivity contribution is 0.700. The first kappa shape index (κ1) is 4.81. The van der Waals surface area contributed by atoms with E-state index in [-0.39, 0.29) is 12.1 Å². The van der Waals surface area contributed by atoms with Gasteiger partial charge in [-0.25, -0.2) is 0 Å². The summed E-state index contributed by atoms with van der Waals surface area (Å²) in [6, 6.07) is 0.435. The Balaban J connectivity index is 2.42. The normalized spacial score (nSPS) is 39.7. The minimum Gasteiger partial charge on any atom is -0.324 e. The maximum absolute atomic E-state index is 5.46. The van der Waals surface area contributed by atoms with Crippen LogP contribution in [0.2, 0.25) is 0 Å². The number of nitrogens with two attached hydrogens (primary N) is 2. The molecule has 1 aliphatic carbocycles. The Morgan fingerprint density at radius 1 is 1.14 bits per heavy atom. The Kier molecular flexibility index (Phi) is 1.13. The van der Waals surface area contributed by atoms with E-state index in [0.717, 1.165) is 6.42 Å². The molecule has 40 valence electrons. The van der Waals surface area contributed by atoms with Crippen LogP contribution in [0.3, 0.4) is 0 Å². The minimum absolute atomic E-state index is 0.218. The summed E-state index contributed by atoms with van der Waals surface area (Å²) in [6.45, 7) is 0. The third kappa shape index (κ3) is 1.01. The minimum atomic E-state index is 0.218. The van der Waals surface area contributed by atoms with Crippen LogP contribution < -0.4 is 11.5 Å². The molecule has 0 heterocycles. The lowest BCUT2D eigenvalue weighted by atomic mass is 10.2. The van der Waals surface area contributed by atoms with E-state index >= 15 is 0 Å². The fraction of sp³-hybridized carbons (Fsp3) is 0.600. The SMILES string of the molecule is NC1C=CC(N)C1. The van der Waals surface area contributed by atoms with Crippen LogP contribution in [0.5, 0.6) is 0 Å². The average Bonchev–Trinajstić information content (AvgIpc) is 1.87. The lowest BCUT2D eigenvalue weighted by Crippen LogP contribution is -2.21. The van der Waals surface area contributed by atoms with Gasteiger partial charge in [0, 0.05) is 12.1 Å². The first-order valence-corrected chi connectivity index (χ1v) is 2.48. The molecular weight excluding hydrogens is 88.1 g/mol. The van der Waals surface area contributed by atoms with E-state index in [9.17, 15) is 0 Å². The predicted octanol–water partition coefficient (Wildman–Crippen LogP) is -0.399. The van der Waals surface area contributed by atoms with Crippen molar-refractivity contribution in [3.05, 3.63) is 12.2 Å². The van der Waals surface area contributed by atoms with Gasteiger partial charge >= 0.3 is 0 Å². The molecule has 0 fully saturated rings. The molecule has 0 amide bonds. The maximum atomic E-state index is 5.46. The van der Waals surface area contributed by atoms with Gasteiger partial charge in [0.05, 0.1) is 0 Å². The molecule has 7 heavy (non-hydrogen) atoms. The molecule has 0 aromatic carbocycles. The first-order chi connectivity index (χ1) is 3.29. The smallest absolute Gasteiger partial charge is 0.0242 e. The van der Waals surface area contributed by atoms with E-state index in [1.165, 1.54) is 0 Å². The molecule has 2 nitrogen and oxygen atoms in total. The molecule has 1 rings (SSSR count). The molecular formula is C5H10N2. The Morgan fingerprint density at radius 3 is 1.71 bits per heavy atom. The molecule has 4 N–H and O–H groups in total. The molecule has 2 unspecified atom stereocenters. The Hall–Kier alpha value is -0.340. The second-order valence-electron chi connectivity index (χ2n) is 1.95. The Labute approximate surface area is 43.2 Å². The van der Waals surface area contributed by atoms with Gasteiger partial charge in [-0.1, -0.05) is 12.2 Å². The van der Waals surface area contributed by atoms with Crippen LogP contribution in [0.25, 0.3) is 0 Å². The van der Waals surface area contributed by atoms with Gasteiger partial charge in [0.25, 0.3) is 0 Å². The second kappa shape index (κ2) is 1.64. The summed E-state index contributed by atoms with van der Waals surface area (Å²) in [7, 11) is 0. The zero-order valence-corrected chi connectivity index (χ0v) is 4.17. The molecule has 0 spiro atoms. The van der Waals surface area contributed by atoms with E-state index in [1.807, 2.05) is 12.2 Å². The molecule has 0 saturated carbocycles. The van der Waals surface area contributed by atoms with Gasteiger partial charge in [0.1, 0.15) is 0 Å². The highest BCUT2D eigenvalue weighted by Crippen LogP contribution is 2.04. The Morgan fingerprint density at radius 2 is 1.57 bits per heavy atom. The molecule has 0 aromatic rings. The average molecular weight is 98.1 g/mol. The van der Waals surface area contributed by atoms with Crippen molar-refractivity contribution in [2.75, 3.05) is 0 Å². The molecule has 0 radical (unpaired) electrons. The van der Waals surface area contributed by atoms with Crippen molar-refractivity contribution in [2.24, 2.45) is 11.5 Å². The summed E-state index contributed by atoms with van der Waals surface area (Å²) >= 11 is 0. The highest BCUT2D eigenvalue weighted by atomic mass is 14.7. The van der Waals surface area contributed by atoms with Crippen molar-refractivity contribution < 1.29 is 0 Å². The van der Waals surface area contributed by atoms with Crippen LogP contribution in [0.4, 0.5) is 0 Å². The quantitative estimate of drug-likeness (QED) is 0.405. The zero-order chi connectivity index (χ0) is 5.28. The van der Waals surface area contributed by atoms with Gasteiger partial charge in [-0.05, 0) is 6.42 Å². The van der Waals surface area contributed by atoms with Gasteiger partial charge in [-0.15, -0.1) is 0 Å². The molecule has 0 saturated heterocycles. The van der Waals surface area contributed by atoms with E-state index in [4.69, 9.17) is 11.5 Å². The van der Waals surface area contributed by atoms with Gasteiger partial charge < -0.3 is 11.5 Å². The highest BCUT2D eigenvalue weighted by molar-refractivity contribution is 5.06. The van der Waals surface area contributed by atoms with Gasteiger partial charge in [-0.3, -0.25) is 0 Å². The van der Waals surface area contributed by atoms with Gasteiger partial charge in [-0.2, -0.15) is 0 Å². The maximum Gasteiger partial charge on any atom is 0.0242 e. The first-order valence-electron chi connectivity index (χ1n) is 2.48. The monoisotopic (exact) mass is 98.1 g/mol. The third-order valence-electron chi connectivity index (χ3n) is 1.15. The summed E-state index contributed by atoms with van der Waals surface area (Å²) in [5, 5.41) is 0. The third-order valence-corrected chi connectivity index (χ3v) is 1.15. The van der Waals surface area contributed by atoms with E-state index in [2.05, 4.69) is 0 Å². The van der Waals surface area contributed by atoms with E-state index < -0.39 is 0 Å². The number of hydrogen-bond acceptors (Lipinski definition) is 2. The second-order valence-corrected chi connectivity index (χ2v) is 1.95. The van der Waals surface area contributed by atoms with Crippen molar-refractivity contribution in [1.82, 2.24) is 0 Å². The summed E-state index contributed by atoms with van der Waals surface area (Å²) in [5.41, 5.74) is 10.9. The highest BCUT2D eigenvalue weighted by Gasteiger charge is 2.09. The van der Waals surface area contributed by atoms with Crippen molar-refractivity contribution >= 4 is 0 Å². The topological polar surface area (TPSA) is 52.0 Å². The number of hydrogen-bond donors (Lipinski definition) is 2. The van der Waals surface area contributed by atoms with Gasteiger partial charge in [0.2, 0.25) is 0 Å². The predicted molar refractivity (Wildman–Crippen MR) is 29.7 cm³/mol. The van der Waals surface area contributed by atoms with Crippen LogP contribution in [-0.2, 0) is 0 Å². The molecule has 2 atom stereocenters. The van der Waals surface area contributed by atoms with Crippen LogP contribution in [-0.4, -0.2) is 12.1 Å². The largest absolute Gasteiger partial charge is 0.324 e. The lowest BCUT2D eigenvalue weighted by Gasteiger charge is -1.98. The fourth-order valence-corrected chi connectivity index (χ4v) is 0.757. The standard InChI is InChI=1S/C5H10N2/c6-4-1-2-5(7)3-4/h1-2,4-5H,3,6-7H2. The molecule has 2 heteroatoms. The molecule has 0 aromatic heterocycles. The van der Waals surface area contributed by atoms with Crippen LogP contribution in [0.1, 0.15) is 6.42 Å². The summed E-state index contributed by atoms with van der Waals surface area (Å²) < 4.78 is 0.